The summed E-state index contributed by atoms with van der Waals surface area (Å²) in [5.41, 5.74) is 0. The zero-order valence-electron chi connectivity index (χ0n) is 15.4. The van der Waals surface area contributed by atoms with Crippen molar-refractivity contribution in [3.8, 4) is 0 Å². The summed E-state index contributed by atoms with van der Waals surface area (Å²) < 4.78 is 36.3. The van der Waals surface area contributed by atoms with E-state index in [1.807, 2.05) is 6.92 Å². The van der Waals surface area contributed by atoms with Crippen LogP contribution >= 0.6 is 19.4 Å². The highest BCUT2D eigenvalue weighted by Gasteiger charge is 2.28. The summed E-state index contributed by atoms with van der Waals surface area (Å²) in [4.78, 5) is 34.4. The molecule has 0 atom stereocenters. The van der Waals surface area contributed by atoms with E-state index in [0.29, 0.717) is 6.61 Å². The second kappa shape index (κ2) is 15.0. The van der Waals surface area contributed by atoms with Gasteiger partial charge in [-0.3, -0.25) is 14.2 Å². The Balaban J connectivity index is 3.91. The first-order valence-corrected chi connectivity index (χ1v) is 11.1. The van der Waals surface area contributed by atoms with E-state index in [-0.39, 0.29) is 31.4 Å². The Morgan fingerprint density at radius 1 is 0.923 bits per heavy atom. The minimum Gasteiger partial charge on any atom is -0.466 e. The number of carbonyl (C=O) groups excluding carboxylic acids is 3. The first-order chi connectivity index (χ1) is 12.4. The Bertz CT molecular complexity index is 474. The lowest BCUT2D eigenvalue weighted by Crippen LogP contribution is -2.16. The topological polar surface area (TPSA) is 114 Å². The molecule has 0 aromatic rings. The lowest BCUT2D eigenvalue weighted by Gasteiger charge is -2.15. The van der Waals surface area contributed by atoms with Crippen LogP contribution in [-0.4, -0.2) is 55.8 Å². The Morgan fingerprint density at radius 3 is 2.15 bits per heavy atom. The maximum atomic E-state index is 12.1. The van der Waals surface area contributed by atoms with Crippen molar-refractivity contribution < 1.29 is 42.2 Å². The van der Waals surface area contributed by atoms with Crippen LogP contribution in [0.25, 0.3) is 0 Å². The second-order valence-electron chi connectivity index (χ2n) is 4.81. The molecule has 0 N–H and O–H groups in total. The number of hydrogen-bond acceptors (Lipinski definition) is 10. The summed E-state index contributed by atoms with van der Waals surface area (Å²) in [5.74, 6) is -1.05. The third-order valence-electron chi connectivity index (χ3n) is 2.66. The summed E-state index contributed by atoms with van der Waals surface area (Å²) in [6, 6.07) is 0. The maximum absolute atomic E-state index is 12.1. The van der Waals surface area contributed by atoms with Gasteiger partial charge < -0.3 is 23.3 Å². The molecule has 0 amide bonds. The van der Waals surface area contributed by atoms with Gasteiger partial charge in [0.05, 0.1) is 26.2 Å². The largest absolute Gasteiger partial charge is 0.466 e. The number of thioether (sulfide) groups is 1. The standard InChI is InChI=1S/C15H27O9PS/c1-4-7-9-20-13(16)8-10-26-15(18)22-12-21-14(17)11-25(19,23-5-2)24-6-3/h4-12H2,1-3H3. The van der Waals surface area contributed by atoms with Gasteiger partial charge in [0.15, 0.2) is 0 Å². The molecule has 26 heavy (non-hydrogen) atoms. The molecule has 0 unspecified atom stereocenters. The molecule has 0 radical (unpaired) electrons. The SMILES string of the molecule is CCCCOC(=O)CCSC(=O)OCOC(=O)CP(=O)(OCC)OCC. The van der Waals surface area contributed by atoms with Crippen molar-refractivity contribution in [3.63, 3.8) is 0 Å². The fraction of sp³-hybridized carbons (Fsp3) is 0.800. The van der Waals surface area contributed by atoms with Crippen LogP contribution in [0.5, 0.6) is 0 Å². The van der Waals surface area contributed by atoms with E-state index in [0.717, 1.165) is 24.6 Å². The van der Waals surface area contributed by atoms with Crippen LogP contribution in [0.1, 0.15) is 40.0 Å². The van der Waals surface area contributed by atoms with Crippen molar-refractivity contribution in [2.75, 3.05) is 38.5 Å². The molecule has 0 aliphatic heterocycles. The van der Waals surface area contributed by atoms with Crippen LogP contribution < -0.4 is 0 Å². The quantitative estimate of drug-likeness (QED) is 0.181. The van der Waals surface area contributed by atoms with Crippen molar-refractivity contribution >= 4 is 36.6 Å². The summed E-state index contributed by atoms with van der Waals surface area (Å²) in [7, 11) is -3.55. The number of ether oxygens (including phenoxy) is 3. The fourth-order valence-corrected chi connectivity index (χ4v) is 3.55. The minimum absolute atomic E-state index is 0.0785. The highest BCUT2D eigenvalue weighted by atomic mass is 32.2. The van der Waals surface area contributed by atoms with Gasteiger partial charge in [0.1, 0.15) is 6.16 Å². The van der Waals surface area contributed by atoms with Gasteiger partial charge in [0.25, 0.3) is 0 Å². The monoisotopic (exact) mass is 414 g/mol. The molecule has 0 aromatic heterocycles. The Labute approximate surface area is 157 Å². The summed E-state index contributed by atoms with van der Waals surface area (Å²) in [5, 5.41) is -0.697. The van der Waals surface area contributed by atoms with Crippen LogP contribution in [0.3, 0.4) is 0 Å². The Hall–Kier alpha value is -1.09. The molecule has 0 fully saturated rings. The normalized spacial score (nSPS) is 11.0. The van der Waals surface area contributed by atoms with Crippen LogP contribution in [0, 0.1) is 0 Å². The number of hydrogen-bond donors (Lipinski definition) is 0. The first-order valence-electron chi connectivity index (χ1n) is 8.35. The summed E-state index contributed by atoms with van der Waals surface area (Å²) in [6.45, 7) is 5.22. The average Bonchev–Trinajstić information content (AvgIpc) is 2.55. The molecule has 0 rings (SSSR count). The van der Waals surface area contributed by atoms with E-state index in [2.05, 4.69) is 9.47 Å². The van der Waals surface area contributed by atoms with E-state index in [1.54, 1.807) is 13.8 Å². The van der Waals surface area contributed by atoms with Gasteiger partial charge in [-0.15, -0.1) is 0 Å². The predicted octanol–water partition coefficient (Wildman–Crippen LogP) is 3.36. The molecule has 0 saturated heterocycles. The van der Waals surface area contributed by atoms with Gasteiger partial charge in [0.2, 0.25) is 6.79 Å². The molecule has 0 spiro atoms. The maximum Gasteiger partial charge on any atom is 0.370 e. The molecule has 9 nitrogen and oxygen atoms in total. The second-order valence-corrected chi connectivity index (χ2v) is 7.89. The van der Waals surface area contributed by atoms with Gasteiger partial charge in [-0.2, -0.15) is 0 Å². The fourth-order valence-electron chi connectivity index (χ4n) is 1.53. The molecule has 152 valence electrons. The van der Waals surface area contributed by atoms with Crippen molar-refractivity contribution in [2.45, 2.75) is 40.0 Å². The Morgan fingerprint density at radius 2 is 1.58 bits per heavy atom. The molecule has 0 aromatic carbocycles. The summed E-state index contributed by atoms with van der Waals surface area (Å²) >= 11 is 0.768. The molecule has 0 saturated carbocycles. The smallest absolute Gasteiger partial charge is 0.370 e. The van der Waals surface area contributed by atoms with Crippen molar-refractivity contribution in [2.24, 2.45) is 0 Å². The van der Waals surface area contributed by atoms with E-state index in [4.69, 9.17) is 13.8 Å². The predicted molar refractivity (Wildman–Crippen MR) is 96.1 cm³/mol. The van der Waals surface area contributed by atoms with Gasteiger partial charge in [-0.05, 0) is 32.0 Å². The van der Waals surface area contributed by atoms with Crippen molar-refractivity contribution in [1.82, 2.24) is 0 Å². The van der Waals surface area contributed by atoms with E-state index < -0.39 is 31.8 Å². The molecular weight excluding hydrogens is 387 g/mol. The minimum atomic E-state index is -3.55. The molecule has 0 bridgehead atoms. The van der Waals surface area contributed by atoms with Crippen LogP contribution in [0.2, 0.25) is 0 Å². The number of carbonyl (C=O) groups is 3. The van der Waals surface area contributed by atoms with E-state index in [9.17, 15) is 18.9 Å². The molecule has 0 heterocycles. The lowest BCUT2D eigenvalue weighted by atomic mass is 10.4. The van der Waals surface area contributed by atoms with Crippen molar-refractivity contribution in [1.29, 1.82) is 0 Å². The highest BCUT2D eigenvalue weighted by Crippen LogP contribution is 2.47. The zero-order valence-corrected chi connectivity index (χ0v) is 17.1. The molecular formula is C15H27O9PS. The van der Waals surface area contributed by atoms with E-state index >= 15 is 0 Å². The molecule has 11 heteroatoms. The lowest BCUT2D eigenvalue weighted by molar-refractivity contribution is -0.148. The van der Waals surface area contributed by atoms with Crippen LogP contribution in [0.4, 0.5) is 4.79 Å². The average molecular weight is 414 g/mol. The van der Waals surface area contributed by atoms with Gasteiger partial charge >= 0.3 is 24.8 Å². The van der Waals surface area contributed by atoms with Gasteiger partial charge in [-0.1, -0.05) is 13.3 Å². The number of unbranched alkanes of at least 4 members (excludes halogenated alkanes) is 1. The van der Waals surface area contributed by atoms with Gasteiger partial charge in [0, 0.05) is 5.75 Å². The number of rotatable bonds is 14. The summed E-state index contributed by atoms with van der Waals surface area (Å²) in [6.07, 6.45) is 1.24. The van der Waals surface area contributed by atoms with Gasteiger partial charge in [-0.25, -0.2) is 4.79 Å². The zero-order chi connectivity index (χ0) is 19.8. The highest BCUT2D eigenvalue weighted by molar-refractivity contribution is 8.13. The first kappa shape index (κ1) is 24.9. The van der Waals surface area contributed by atoms with Crippen LogP contribution in [-0.2, 0) is 37.4 Å². The van der Waals surface area contributed by atoms with Crippen molar-refractivity contribution in [3.05, 3.63) is 0 Å². The third-order valence-corrected chi connectivity index (χ3v) is 5.37. The van der Waals surface area contributed by atoms with E-state index in [1.165, 1.54) is 0 Å². The molecule has 0 aliphatic rings. The third kappa shape index (κ3) is 13.2. The Kier molecular flexibility index (Phi) is 14.4. The number of esters is 2. The van der Waals surface area contributed by atoms with Crippen LogP contribution in [0.15, 0.2) is 0 Å². The molecule has 0 aliphatic carbocycles.